The highest BCUT2D eigenvalue weighted by atomic mass is 16.5. The van der Waals surface area contributed by atoms with Crippen LogP contribution in [-0.4, -0.2) is 30.3 Å². The van der Waals surface area contributed by atoms with Gasteiger partial charge in [-0.1, -0.05) is 30.3 Å². The number of carbonyl (C=O) groups excluding carboxylic acids is 1. The van der Waals surface area contributed by atoms with E-state index in [9.17, 15) is 9.59 Å². The molecule has 1 heterocycles. The Hall–Kier alpha value is -3.12. The molecule has 2 N–H and O–H groups in total. The molecule has 0 bridgehead atoms. The van der Waals surface area contributed by atoms with E-state index in [1.165, 1.54) is 6.07 Å². The number of fused-ring (bicyclic) bond motifs is 1. The van der Waals surface area contributed by atoms with Gasteiger partial charge in [0, 0.05) is 30.7 Å². The van der Waals surface area contributed by atoms with Gasteiger partial charge in [-0.05, 0) is 36.6 Å². The van der Waals surface area contributed by atoms with Crippen LogP contribution in [0.15, 0.2) is 63.8 Å². The van der Waals surface area contributed by atoms with Crippen LogP contribution in [0, 0.1) is 0 Å². The third kappa shape index (κ3) is 4.54. The molecular formula is C21H21NO5. The minimum atomic E-state index is -0.717. The van der Waals surface area contributed by atoms with Gasteiger partial charge in [0.15, 0.2) is 6.10 Å². The fraction of sp³-hybridized carbons (Fsp3) is 0.238. The summed E-state index contributed by atoms with van der Waals surface area (Å²) in [6, 6.07) is 16.2. The van der Waals surface area contributed by atoms with Gasteiger partial charge in [-0.15, -0.1) is 0 Å². The van der Waals surface area contributed by atoms with Crippen LogP contribution < -0.4 is 15.7 Å². The molecule has 0 unspecified atom stereocenters. The lowest BCUT2D eigenvalue weighted by Gasteiger charge is -2.15. The summed E-state index contributed by atoms with van der Waals surface area (Å²) in [6.07, 6.45) is -0.229. The number of rotatable bonds is 7. The third-order valence-electron chi connectivity index (χ3n) is 4.12. The summed E-state index contributed by atoms with van der Waals surface area (Å²) in [5.74, 6) is 0.156. The van der Waals surface area contributed by atoms with Crippen molar-refractivity contribution < 1.29 is 19.1 Å². The first kappa shape index (κ1) is 18.7. The van der Waals surface area contributed by atoms with Crippen LogP contribution in [0.1, 0.15) is 13.3 Å². The molecule has 0 aliphatic heterocycles. The molecule has 0 spiro atoms. The molecule has 1 aromatic heterocycles. The molecule has 2 aromatic carbocycles. The number of aliphatic hydroxyl groups excluding tert-OH is 1. The number of aliphatic hydroxyl groups is 1. The highest BCUT2D eigenvalue weighted by Crippen LogP contribution is 2.29. The summed E-state index contributed by atoms with van der Waals surface area (Å²) in [5, 5.41) is 12.2. The normalized spacial score (nSPS) is 11.9. The Morgan fingerprint density at radius 2 is 1.96 bits per heavy atom. The molecule has 1 atom stereocenters. The molecule has 6 nitrogen and oxygen atoms in total. The monoisotopic (exact) mass is 367 g/mol. The minimum absolute atomic E-state index is 0.0168. The van der Waals surface area contributed by atoms with E-state index in [0.29, 0.717) is 24.3 Å². The summed E-state index contributed by atoms with van der Waals surface area (Å²) in [4.78, 5) is 24.0. The smallest absolute Gasteiger partial charge is 0.336 e. The van der Waals surface area contributed by atoms with Crippen molar-refractivity contribution >= 4 is 16.9 Å². The quantitative estimate of drug-likeness (QED) is 0.495. The van der Waals surface area contributed by atoms with Crippen LogP contribution >= 0.6 is 0 Å². The maximum Gasteiger partial charge on any atom is 0.336 e. The first-order valence-corrected chi connectivity index (χ1v) is 8.77. The average molecular weight is 367 g/mol. The topological polar surface area (TPSA) is 88.8 Å². The number of benzene rings is 2. The van der Waals surface area contributed by atoms with Crippen LogP contribution in [0.25, 0.3) is 22.1 Å². The van der Waals surface area contributed by atoms with E-state index < -0.39 is 11.7 Å². The zero-order valence-electron chi connectivity index (χ0n) is 15.0. The van der Waals surface area contributed by atoms with Gasteiger partial charge in [-0.3, -0.25) is 4.79 Å². The van der Waals surface area contributed by atoms with Crippen LogP contribution in [0.3, 0.4) is 0 Å². The number of hydrogen-bond acceptors (Lipinski definition) is 5. The van der Waals surface area contributed by atoms with Crippen molar-refractivity contribution in [1.29, 1.82) is 0 Å². The van der Waals surface area contributed by atoms with Gasteiger partial charge in [0.25, 0.3) is 5.91 Å². The fourth-order valence-corrected chi connectivity index (χ4v) is 2.76. The number of amides is 1. The van der Waals surface area contributed by atoms with Gasteiger partial charge in [0.1, 0.15) is 11.3 Å². The number of ether oxygens (including phenoxy) is 1. The van der Waals surface area contributed by atoms with Gasteiger partial charge in [-0.2, -0.15) is 0 Å². The maximum atomic E-state index is 12.0. The molecule has 3 rings (SSSR count). The number of nitrogens with one attached hydrogen (secondary N) is 1. The Morgan fingerprint density at radius 1 is 1.19 bits per heavy atom. The molecule has 6 heteroatoms. The zero-order valence-corrected chi connectivity index (χ0v) is 15.0. The van der Waals surface area contributed by atoms with Gasteiger partial charge in [0.2, 0.25) is 0 Å². The standard InChI is InChI=1S/C21H21NO5/c1-14(21(25)22-10-5-11-23)26-16-8-9-17-18(15-6-3-2-4-7-15)13-20(24)27-19(17)12-16/h2-4,6-9,12-14,23H,5,10-11H2,1H3,(H,22,25)/t14-/m0/s1. The van der Waals surface area contributed by atoms with Crippen molar-refractivity contribution in [1.82, 2.24) is 5.32 Å². The van der Waals surface area contributed by atoms with E-state index in [4.69, 9.17) is 14.3 Å². The predicted molar refractivity (Wildman–Crippen MR) is 103 cm³/mol. The van der Waals surface area contributed by atoms with Crippen molar-refractivity contribution in [2.24, 2.45) is 0 Å². The van der Waals surface area contributed by atoms with Gasteiger partial charge in [-0.25, -0.2) is 4.79 Å². The number of carbonyl (C=O) groups is 1. The van der Waals surface area contributed by atoms with E-state index in [1.807, 2.05) is 36.4 Å². The molecular weight excluding hydrogens is 346 g/mol. The number of hydrogen-bond donors (Lipinski definition) is 2. The second-order valence-electron chi connectivity index (χ2n) is 6.13. The van der Waals surface area contributed by atoms with Crippen molar-refractivity contribution in [2.45, 2.75) is 19.4 Å². The third-order valence-corrected chi connectivity index (χ3v) is 4.12. The molecule has 0 aliphatic rings. The van der Waals surface area contributed by atoms with E-state index in [2.05, 4.69) is 5.32 Å². The highest BCUT2D eigenvalue weighted by Gasteiger charge is 2.15. The maximum absolute atomic E-state index is 12.0. The van der Waals surface area contributed by atoms with Crippen LogP contribution in [0.5, 0.6) is 5.75 Å². The van der Waals surface area contributed by atoms with E-state index >= 15 is 0 Å². The Labute approximate surface area is 156 Å². The van der Waals surface area contributed by atoms with Crippen molar-refractivity contribution in [3.05, 3.63) is 65.0 Å². The molecule has 0 saturated carbocycles. The Balaban J connectivity index is 1.86. The summed E-state index contributed by atoms with van der Waals surface area (Å²) < 4.78 is 11.0. The van der Waals surface area contributed by atoms with Crippen LogP contribution in [0.2, 0.25) is 0 Å². The molecule has 3 aromatic rings. The highest BCUT2D eigenvalue weighted by molar-refractivity contribution is 5.93. The summed E-state index contributed by atoms with van der Waals surface area (Å²) in [5.41, 5.74) is 1.64. The largest absolute Gasteiger partial charge is 0.481 e. The molecule has 0 aliphatic carbocycles. The van der Waals surface area contributed by atoms with E-state index in [0.717, 1.165) is 16.5 Å². The Kier molecular flexibility index (Phi) is 5.88. The summed E-state index contributed by atoms with van der Waals surface area (Å²) in [7, 11) is 0. The Bertz CT molecular complexity index is 981. The van der Waals surface area contributed by atoms with Gasteiger partial charge < -0.3 is 19.6 Å². The SMILES string of the molecule is C[C@H](Oc1ccc2c(-c3ccccc3)cc(=O)oc2c1)C(=O)NCCCO. The lowest BCUT2D eigenvalue weighted by Crippen LogP contribution is -2.37. The molecule has 0 radical (unpaired) electrons. The van der Waals surface area contributed by atoms with Crippen molar-refractivity contribution in [3.63, 3.8) is 0 Å². The second kappa shape index (κ2) is 8.51. The Morgan fingerprint density at radius 3 is 2.70 bits per heavy atom. The molecule has 1 amide bonds. The summed E-state index contributed by atoms with van der Waals surface area (Å²) in [6.45, 7) is 2.04. The molecule has 27 heavy (non-hydrogen) atoms. The lowest BCUT2D eigenvalue weighted by molar-refractivity contribution is -0.127. The van der Waals surface area contributed by atoms with Crippen LogP contribution in [-0.2, 0) is 4.79 Å². The van der Waals surface area contributed by atoms with Crippen molar-refractivity contribution in [2.75, 3.05) is 13.2 Å². The first-order chi connectivity index (χ1) is 13.1. The fourth-order valence-electron chi connectivity index (χ4n) is 2.76. The molecule has 140 valence electrons. The van der Waals surface area contributed by atoms with Crippen molar-refractivity contribution in [3.8, 4) is 16.9 Å². The molecule has 0 fully saturated rings. The summed E-state index contributed by atoms with van der Waals surface area (Å²) >= 11 is 0. The first-order valence-electron chi connectivity index (χ1n) is 8.77. The zero-order chi connectivity index (χ0) is 19.2. The van der Waals surface area contributed by atoms with Crippen LogP contribution in [0.4, 0.5) is 0 Å². The predicted octanol–water partition coefficient (Wildman–Crippen LogP) is 2.73. The average Bonchev–Trinajstić information content (AvgIpc) is 2.67. The molecule has 0 saturated heterocycles. The lowest BCUT2D eigenvalue weighted by atomic mass is 10.0. The van der Waals surface area contributed by atoms with E-state index in [-0.39, 0.29) is 12.5 Å². The minimum Gasteiger partial charge on any atom is -0.481 e. The van der Waals surface area contributed by atoms with E-state index in [1.54, 1.807) is 19.1 Å². The van der Waals surface area contributed by atoms with Gasteiger partial charge >= 0.3 is 5.63 Å². The van der Waals surface area contributed by atoms with Gasteiger partial charge in [0.05, 0.1) is 0 Å². The second-order valence-corrected chi connectivity index (χ2v) is 6.13.